The Morgan fingerprint density at radius 3 is 2.47 bits per heavy atom. The number of hydrogen-bond donors (Lipinski definition) is 1. The van der Waals surface area contributed by atoms with E-state index in [4.69, 9.17) is 0 Å². The van der Waals surface area contributed by atoms with Gasteiger partial charge >= 0.3 is 0 Å². The molecule has 1 aliphatic rings. The summed E-state index contributed by atoms with van der Waals surface area (Å²) in [6.45, 7) is 11.8. The lowest BCUT2D eigenvalue weighted by Crippen LogP contribution is -2.29. The summed E-state index contributed by atoms with van der Waals surface area (Å²) in [6, 6.07) is 0. The van der Waals surface area contributed by atoms with E-state index >= 15 is 0 Å². The van der Waals surface area contributed by atoms with Gasteiger partial charge in [-0.05, 0) is 49.6 Å². The molecule has 0 aromatic carbocycles. The molecule has 0 heterocycles. The van der Waals surface area contributed by atoms with Gasteiger partial charge < -0.3 is 5.32 Å². The van der Waals surface area contributed by atoms with Gasteiger partial charge in [-0.1, -0.05) is 66.2 Å². The monoisotopic (exact) mass is 267 g/mol. The minimum Gasteiger partial charge on any atom is -0.316 e. The molecule has 0 saturated heterocycles. The molecule has 0 aliphatic heterocycles. The molecular weight excluding hydrogens is 230 g/mol. The van der Waals surface area contributed by atoms with E-state index in [1.807, 2.05) is 0 Å². The van der Waals surface area contributed by atoms with Crippen LogP contribution in [-0.4, -0.2) is 13.1 Å². The van der Waals surface area contributed by atoms with Gasteiger partial charge in [0.05, 0.1) is 0 Å². The Hall–Kier alpha value is -0.0400. The number of nitrogens with one attached hydrogen (secondary N) is 1. The summed E-state index contributed by atoms with van der Waals surface area (Å²) in [7, 11) is 0. The Morgan fingerprint density at radius 2 is 1.84 bits per heavy atom. The summed E-state index contributed by atoms with van der Waals surface area (Å²) in [5, 5.41) is 3.69. The average Bonchev–Trinajstić information content (AvgIpc) is 2.81. The first-order valence-electron chi connectivity index (χ1n) is 8.88. The largest absolute Gasteiger partial charge is 0.316 e. The molecule has 19 heavy (non-hydrogen) atoms. The highest BCUT2D eigenvalue weighted by atomic mass is 14.9. The van der Waals surface area contributed by atoms with Gasteiger partial charge in [-0.3, -0.25) is 0 Å². The van der Waals surface area contributed by atoms with Crippen LogP contribution in [0.4, 0.5) is 0 Å². The number of hydrogen-bond acceptors (Lipinski definition) is 1. The second-order valence-corrected chi connectivity index (χ2v) is 7.16. The minimum atomic E-state index is 0.785. The molecule has 1 saturated carbocycles. The number of rotatable bonds is 10. The van der Waals surface area contributed by atoms with Crippen molar-refractivity contribution in [3.05, 3.63) is 0 Å². The standard InChI is InChI=1S/C18H37N/c1-5-7-9-16(6-2)12-17-10-8-11-18(17)14-19-13-15(3)4/h15-19H,5-14H2,1-4H3. The summed E-state index contributed by atoms with van der Waals surface area (Å²) in [5.41, 5.74) is 0. The third-order valence-electron chi connectivity index (χ3n) is 4.95. The molecule has 1 fully saturated rings. The SMILES string of the molecule is CCCCC(CC)CC1CCCC1CNCC(C)C. The molecule has 0 aromatic rings. The summed E-state index contributed by atoms with van der Waals surface area (Å²) in [5.74, 6) is 3.76. The van der Waals surface area contributed by atoms with Crippen molar-refractivity contribution in [2.75, 3.05) is 13.1 Å². The van der Waals surface area contributed by atoms with Crippen molar-refractivity contribution in [1.29, 1.82) is 0 Å². The van der Waals surface area contributed by atoms with Crippen LogP contribution in [0, 0.1) is 23.7 Å². The van der Waals surface area contributed by atoms with Crippen LogP contribution in [-0.2, 0) is 0 Å². The van der Waals surface area contributed by atoms with Crippen LogP contribution < -0.4 is 5.32 Å². The lowest BCUT2D eigenvalue weighted by Gasteiger charge is -2.25. The zero-order valence-corrected chi connectivity index (χ0v) is 13.9. The molecular formula is C18H37N. The second-order valence-electron chi connectivity index (χ2n) is 7.16. The fraction of sp³-hybridized carbons (Fsp3) is 1.00. The topological polar surface area (TPSA) is 12.0 Å². The molecule has 114 valence electrons. The molecule has 0 bridgehead atoms. The first-order valence-corrected chi connectivity index (χ1v) is 8.88. The normalized spacial score (nSPS) is 25.1. The minimum absolute atomic E-state index is 0.785. The lowest BCUT2D eigenvalue weighted by molar-refractivity contribution is 0.274. The molecule has 0 aromatic heterocycles. The van der Waals surface area contributed by atoms with Crippen LogP contribution in [0.5, 0.6) is 0 Å². The van der Waals surface area contributed by atoms with E-state index in [0.717, 1.165) is 23.7 Å². The molecule has 0 amide bonds. The van der Waals surface area contributed by atoms with Gasteiger partial charge in [-0.25, -0.2) is 0 Å². The fourth-order valence-corrected chi connectivity index (χ4v) is 3.66. The average molecular weight is 268 g/mol. The van der Waals surface area contributed by atoms with E-state index in [1.54, 1.807) is 0 Å². The highest BCUT2D eigenvalue weighted by Gasteiger charge is 2.28. The molecule has 1 rings (SSSR count). The molecule has 3 unspecified atom stereocenters. The lowest BCUT2D eigenvalue weighted by atomic mass is 9.83. The van der Waals surface area contributed by atoms with Crippen molar-refractivity contribution in [2.45, 2.75) is 79.1 Å². The third kappa shape index (κ3) is 6.79. The van der Waals surface area contributed by atoms with Gasteiger partial charge in [0.1, 0.15) is 0 Å². The van der Waals surface area contributed by atoms with Gasteiger partial charge in [0.15, 0.2) is 0 Å². The molecule has 1 heteroatoms. The van der Waals surface area contributed by atoms with Crippen molar-refractivity contribution < 1.29 is 0 Å². The Labute approximate surface area is 121 Å². The molecule has 0 radical (unpaired) electrons. The predicted molar refractivity (Wildman–Crippen MR) is 86.5 cm³/mol. The molecule has 1 N–H and O–H groups in total. The highest BCUT2D eigenvalue weighted by molar-refractivity contribution is 4.81. The second kappa shape index (κ2) is 9.80. The Morgan fingerprint density at radius 1 is 1.11 bits per heavy atom. The van der Waals surface area contributed by atoms with Gasteiger partial charge in [-0.15, -0.1) is 0 Å². The van der Waals surface area contributed by atoms with Crippen LogP contribution in [0.25, 0.3) is 0 Å². The summed E-state index contributed by atoms with van der Waals surface area (Å²) >= 11 is 0. The van der Waals surface area contributed by atoms with Crippen molar-refractivity contribution >= 4 is 0 Å². The van der Waals surface area contributed by atoms with Crippen LogP contribution >= 0.6 is 0 Å². The van der Waals surface area contributed by atoms with Crippen LogP contribution in [0.2, 0.25) is 0 Å². The van der Waals surface area contributed by atoms with Gasteiger partial charge in [0, 0.05) is 0 Å². The van der Waals surface area contributed by atoms with Crippen LogP contribution in [0.3, 0.4) is 0 Å². The van der Waals surface area contributed by atoms with E-state index in [9.17, 15) is 0 Å². The summed E-state index contributed by atoms with van der Waals surface area (Å²) in [6.07, 6.45) is 11.6. The van der Waals surface area contributed by atoms with E-state index in [1.165, 1.54) is 64.5 Å². The highest BCUT2D eigenvalue weighted by Crippen LogP contribution is 2.37. The molecule has 3 atom stereocenters. The van der Waals surface area contributed by atoms with Crippen LogP contribution in [0.15, 0.2) is 0 Å². The maximum absolute atomic E-state index is 3.69. The van der Waals surface area contributed by atoms with Gasteiger partial charge in [0.2, 0.25) is 0 Å². The van der Waals surface area contributed by atoms with Crippen LogP contribution in [0.1, 0.15) is 79.1 Å². The van der Waals surface area contributed by atoms with E-state index in [0.29, 0.717) is 0 Å². The smallest absolute Gasteiger partial charge is 0.00178 e. The van der Waals surface area contributed by atoms with Crippen molar-refractivity contribution in [3.8, 4) is 0 Å². The quantitative estimate of drug-likeness (QED) is 0.569. The Kier molecular flexibility index (Phi) is 8.77. The summed E-state index contributed by atoms with van der Waals surface area (Å²) in [4.78, 5) is 0. The third-order valence-corrected chi connectivity index (χ3v) is 4.95. The Bertz CT molecular complexity index is 212. The first-order chi connectivity index (χ1) is 9.17. The van der Waals surface area contributed by atoms with Crippen molar-refractivity contribution in [3.63, 3.8) is 0 Å². The summed E-state index contributed by atoms with van der Waals surface area (Å²) < 4.78 is 0. The fourth-order valence-electron chi connectivity index (χ4n) is 3.66. The van der Waals surface area contributed by atoms with Crippen molar-refractivity contribution in [2.24, 2.45) is 23.7 Å². The van der Waals surface area contributed by atoms with Gasteiger partial charge in [-0.2, -0.15) is 0 Å². The Balaban J connectivity index is 2.29. The van der Waals surface area contributed by atoms with E-state index in [2.05, 4.69) is 33.0 Å². The van der Waals surface area contributed by atoms with Crippen molar-refractivity contribution in [1.82, 2.24) is 5.32 Å². The molecule has 1 nitrogen and oxygen atoms in total. The van der Waals surface area contributed by atoms with E-state index in [-0.39, 0.29) is 0 Å². The maximum Gasteiger partial charge on any atom is -0.00178 e. The number of unbranched alkanes of at least 4 members (excludes halogenated alkanes) is 1. The molecule has 1 aliphatic carbocycles. The zero-order chi connectivity index (χ0) is 14.1. The van der Waals surface area contributed by atoms with E-state index < -0.39 is 0 Å². The molecule has 0 spiro atoms. The first kappa shape index (κ1) is 17.0. The van der Waals surface area contributed by atoms with Gasteiger partial charge in [0.25, 0.3) is 0 Å². The maximum atomic E-state index is 3.69. The predicted octanol–water partition coefficient (Wildman–Crippen LogP) is 5.25. The zero-order valence-electron chi connectivity index (χ0n) is 13.9.